The van der Waals surface area contributed by atoms with Crippen molar-refractivity contribution < 1.29 is 5.11 Å². The standard InChI is InChI=1S/C8H17NO/c1-9-5-7-2-3-8(4-7)6-10/h7-10H,2-6H2,1H3. The van der Waals surface area contributed by atoms with E-state index in [2.05, 4.69) is 5.32 Å². The molecule has 60 valence electrons. The Hall–Kier alpha value is -0.0800. The zero-order chi connectivity index (χ0) is 7.40. The molecule has 0 amide bonds. The topological polar surface area (TPSA) is 32.3 Å². The van der Waals surface area contributed by atoms with Gasteiger partial charge in [0.1, 0.15) is 0 Å². The molecule has 2 nitrogen and oxygen atoms in total. The maximum absolute atomic E-state index is 8.83. The first-order valence-corrected chi connectivity index (χ1v) is 4.12. The first-order valence-electron chi connectivity index (χ1n) is 4.12. The second-order valence-corrected chi connectivity index (χ2v) is 3.29. The van der Waals surface area contributed by atoms with Crippen molar-refractivity contribution in [2.24, 2.45) is 11.8 Å². The van der Waals surface area contributed by atoms with Gasteiger partial charge in [-0.1, -0.05) is 0 Å². The van der Waals surface area contributed by atoms with Crippen LogP contribution >= 0.6 is 0 Å². The Kier molecular flexibility index (Phi) is 3.16. The molecule has 1 saturated carbocycles. The number of rotatable bonds is 3. The average Bonchev–Trinajstić information content (AvgIpc) is 2.37. The molecule has 0 spiro atoms. The van der Waals surface area contributed by atoms with Crippen molar-refractivity contribution in [1.29, 1.82) is 0 Å². The van der Waals surface area contributed by atoms with Crippen LogP contribution in [0, 0.1) is 11.8 Å². The van der Waals surface area contributed by atoms with Gasteiger partial charge < -0.3 is 10.4 Å². The monoisotopic (exact) mass is 143 g/mol. The van der Waals surface area contributed by atoms with Gasteiger partial charge in [-0.05, 0) is 44.7 Å². The van der Waals surface area contributed by atoms with E-state index < -0.39 is 0 Å². The smallest absolute Gasteiger partial charge is 0.0459 e. The Labute approximate surface area is 62.6 Å². The molecule has 2 N–H and O–H groups in total. The molecule has 0 aliphatic heterocycles. The minimum absolute atomic E-state index is 0.389. The highest BCUT2D eigenvalue weighted by Crippen LogP contribution is 2.29. The molecule has 2 atom stereocenters. The van der Waals surface area contributed by atoms with Crippen molar-refractivity contribution in [2.45, 2.75) is 19.3 Å². The third kappa shape index (κ3) is 1.96. The normalized spacial score (nSPS) is 33.0. The van der Waals surface area contributed by atoms with Gasteiger partial charge in [0.15, 0.2) is 0 Å². The molecule has 1 aliphatic carbocycles. The molecule has 0 saturated heterocycles. The molecule has 0 aromatic carbocycles. The van der Waals surface area contributed by atoms with Crippen LogP contribution in [0.15, 0.2) is 0 Å². The summed E-state index contributed by atoms with van der Waals surface area (Å²) in [5.41, 5.74) is 0. The summed E-state index contributed by atoms with van der Waals surface area (Å²) in [6.07, 6.45) is 3.74. The van der Waals surface area contributed by atoms with E-state index in [1.807, 2.05) is 7.05 Å². The molecule has 2 heteroatoms. The van der Waals surface area contributed by atoms with Gasteiger partial charge in [0.25, 0.3) is 0 Å². The Morgan fingerprint density at radius 2 is 2.10 bits per heavy atom. The predicted molar refractivity (Wildman–Crippen MR) is 41.8 cm³/mol. The molecule has 1 aliphatic rings. The van der Waals surface area contributed by atoms with Crippen LogP contribution in [-0.2, 0) is 0 Å². The lowest BCUT2D eigenvalue weighted by atomic mass is 10.1. The van der Waals surface area contributed by atoms with Crippen LogP contribution in [0.5, 0.6) is 0 Å². The molecule has 1 rings (SSSR count). The number of aliphatic hydroxyl groups excluding tert-OH is 1. The molecular formula is C8H17NO. The molecule has 2 unspecified atom stereocenters. The molecular weight excluding hydrogens is 126 g/mol. The van der Waals surface area contributed by atoms with Crippen molar-refractivity contribution in [3.63, 3.8) is 0 Å². The fourth-order valence-electron chi connectivity index (χ4n) is 1.82. The van der Waals surface area contributed by atoms with E-state index in [0.717, 1.165) is 12.5 Å². The van der Waals surface area contributed by atoms with E-state index in [1.165, 1.54) is 19.3 Å². The molecule has 10 heavy (non-hydrogen) atoms. The third-order valence-corrected chi connectivity index (χ3v) is 2.40. The van der Waals surface area contributed by atoms with E-state index in [0.29, 0.717) is 12.5 Å². The minimum atomic E-state index is 0.389. The fourth-order valence-corrected chi connectivity index (χ4v) is 1.82. The van der Waals surface area contributed by atoms with E-state index in [1.54, 1.807) is 0 Å². The number of aliphatic hydroxyl groups is 1. The zero-order valence-electron chi connectivity index (χ0n) is 6.64. The van der Waals surface area contributed by atoms with Gasteiger partial charge in [-0.3, -0.25) is 0 Å². The van der Waals surface area contributed by atoms with Gasteiger partial charge in [-0.25, -0.2) is 0 Å². The summed E-state index contributed by atoms with van der Waals surface area (Å²) >= 11 is 0. The quantitative estimate of drug-likeness (QED) is 0.607. The minimum Gasteiger partial charge on any atom is -0.396 e. The number of nitrogens with one attached hydrogen (secondary N) is 1. The summed E-state index contributed by atoms with van der Waals surface area (Å²) in [6, 6.07) is 0. The lowest BCUT2D eigenvalue weighted by molar-refractivity contribution is 0.226. The van der Waals surface area contributed by atoms with Gasteiger partial charge in [0, 0.05) is 6.61 Å². The molecule has 0 radical (unpaired) electrons. The molecule has 1 fully saturated rings. The summed E-state index contributed by atoms with van der Waals surface area (Å²) in [5.74, 6) is 1.42. The first kappa shape index (κ1) is 8.02. The Bertz CT molecular complexity index is 95.3. The van der Waals surface area contributed by atoms with Crippen LogP contribution in [0.2, 0.25) is 0 Å². The van der Waals surface area contributed by atoms with E-state index in [9.17, 15) is 0 Å². The van der Waals surface area contributed by atoms with Crippen LogP contribution in [0.3, 0.4) is 0 Å². The van der Waals surface area contributed by atoms with Crippen molar-refractivity contribution in [1.82, 2.24) is 5.32 Å². The highest BCUT2D eigenvalue weighted by molar-refractivity contribution is 4.75. The summed E-state index contributed by atoms with van der Waals surface area (Å²) in [7, 11) is 1.99. The lowest BCUT2D eigenvalue weighted by Gasteiger charge is -2.07. The highest BCUT2D eigenvalue weighted by atomic mass is 16.3. The van der Waals surface area contributed by atoms with E-state index in [4.69, 9.17) is 5.11 Å². The molecule has 0 aromatic heterocycles. The van der Waals surface area contributed by atoms with Crippen LogP contribution in [0.1, 0.15) is 19.3 Å². The van der Waals surface area contributed by atoms with Crippen molar-refractivity contribution in [3.8, 4) is 0 Å². The Morgan fingerprint density at radius 3 is 2.60 bits per heavy atom. The van der Waals surface area contributed by atoms with Crippen molar-refractivity contribution in [3.05, 3.63) is 0 Å². The van der Waals surface area contributed by atoms with Gasteiger partial charge >= 0.3 is 0 Å². The highest BCUT2D eigenvalue weighted by Gasteiger charge is 2.22. The molecule has 0 aromatic rings. The van der Waals surface area contributed by atoms with Gasteiger partial charge in [0.2, 0.25) is 0 Å². The number of hydrogen-bond acceptors (Lipinski definition) is 2. The molecule has 0 heterocycles. The van der Waals surface area contributed by atoms with Gasteiger partial charge in [0.05, 0.1) is 0 Å². The zero-order valence-corrected chi connectivity index (χ0v) is 6.64. The third-order valence-electron chi connectivity index (χ3n) is 2.40. The number of hydrogen-bond donors (Lipinski definition) is 2. The summed E-state index contributed by atoms with van der Waals surface area (Å²) in [6.45, 7) is 1.51. The summed E-state index contributed by atoms with van der Waals surface area (Å²) in [5, 5.41) is 12.0. The lowest BCUT2D eigenvalue weighted by Crippen LogP contribution is -2.16. The average molecular weight is 143 g/mol. The largest absolute Gasteiger partial charge is 0.396 e. The predicted octanol–water partition coefficient (Wildman–Crippen LogP) is 0.614. The Morgan fingerprint density at radius 1 is 1.40 bits per heavy atom. The van der Waals surface area contributed by atoms with E-state index >= 15 is 0 Å². The second-order valence-electron chi connectivity index (χ2n) is 3.29. The van der Waals surface area contributed by atoms with Crippen LogP contribution in [0.25, 0.3) is 0 Å². The fraction of sp³-hybridized carbons (Fsp3) is 1.00. The maximum atomic E-state index is 8.83. The van der Waals surface area contributed by atoms with Gasteiger partial charge in [-0.15, -0.1) is 0 Å². The van der Waals surface area contributed by atoms with Crippen molar-refractivity contribution in [2.75, 3.05) is 20.2 Å². The summed E-state index contributed by atoms with van der Waals surface area (Å²) < 4.78 is 0. The van der Waals surface area contributed by atoms with Crippen LogP contribution < -0.4 is 5.32 Å². The van der Waals surface area contributed by atoms with Crippen molar-refractivity contribution >= 4 is 0 Å². The molecule has 0 bridgehead atoms. The van der Waals surface area contributed by atoms with Crippen LogP contribution in [-0.4, -0.2) is 25.3 Å². The van der Waals surface area contributed by atoms with E-state index in [-0.39, 0.29) is 0 Å². The van der Waals surface area contributed by atoms with Gasteiger partial charge in [-0.2, -0.15) is 0 Å². The maximum Gasteiger partial charge on any atom is 0.0459 e. The summed E-state index contributed by atoms with van der Waals surface area (Å²) in [4.78, 5) is 0. The van der Waals surface area contributed by atoms with Crippen LogP contribution in [0.4, 0.5) is 0 Å². The second kappa shape index (κ2) is 3.94. The SMILES string of the molecule is CNCC1CCC(CO)C1. The Balaban J connectivity index is 2.15. The first-order chi connectivity index (χ1) is 4.86.